The second kappa shape index (κ2) is 5.76. The molecule has 1 atom stereocenters. The zero-order valence-corrected chi connectivity index (χ0v) is 12.8. The van der Waals surface area contributed by atoms with Gasteiger partial charge in [0.05, 0.1) is 4.90 Å². The lowest BCUT2D eigenvalue weighted by atomic mass is 10.1. The molecule has 2 N–H and O–H groups in total. The Balaban J connectivity index is 2.23. The number of nitrogens with one attached hydrogen (secondary N) is 1. The quantitative estimate of drug-likeness (QED) is 0.828. The van der Waals surface area contributed by atoms with E-state index in [-0.39, 0.29) is 15.9 Å². The maximum Gasteiger partial charge on any atom is 0.241 e. The molecule has 4 nitrogen and oxygen atoms in total. The van der Waals surface area contributed by atoms with Crippen LogP contribution in [-0.2, 0) is 10.0 Å². The molecule has 114 valence electrons. The van der Waals surface area contributed by atoms with Crippen LogP contribution in [-0.4, -0.2) is 26.7 Å². The molecule has 2 rings (SSSR count). The monoisotopic (exact) mass is 311 g/mol. The van der Waals surface area contributed by atoms with Gasteiger partial charge in [-0.3, -0.25) is 0 Å². The molecule has 1 aliphatic rings. The van der Waals surface area contributed by atoms with E-state index in [1.807, 2.05) is 0 Å². The Morgan fingerprint density at radius 3 is 2.71 bits per heavy atom. The molecular weight excluding hydrogens is 293 g/mol. The summed E-state index contributed by atoms with van der Waals surface area (Å²) in [5, 5.41) is 8.70. The lowest BCUT2D eigenvalue weighted by Crippen LogP contribution is -2.27. The molecule has 0 saturated heterocycles. The largest absolute Gasteiger partial charge is 0.384 e. The standard InChI is InChI=1S/C15H18FNO3S/c1-15(2)9-12(15)10-17-21(19,20)14-6-5-13(16)8-11(14)4-3-7-18/h5-6,8,12,17-18H,7,9-10H2,1-2H3. The van der Waals surface area contributed by atoms with Crippen molar-refractivity contribution < 1.29 is 17.9 Å². The molecule has 1 saturated carbocycles. The van der Waals surface area contributed by atoms with Crippen molar-refractivity contribution in [1.29, 1.82) is 0 Å². The number of hydrogen-bond donors (Lipinski definition) is 2. The first-order chi connectivity index (χ1) is 9.76. The Bertz CT molecular complexity index is 701. The third-order valence-corrected chi connectivity index (χ3v) is 5.25. The van der Waals surface area contributed by atoms with Gasteiger partial charge in [0.25, 0.3) is 0 Å². The molecule has 0 radical (unpaired) electrons. The van der Waals surface area contributed by atoms with Gasteiger partial charge >= 0.3 is 0 Å². The van der Waals surface area contributed by atoms with E-state index in [1.54, 1.807) is 0 Å². The zero-order valence-electron chi connectivity index (χ0n) is 12.0. The van der Waals surface area contributed by atoms with Crippen molar-refractivity contribution in [2.24, 2.45) is 11.3 Å². The van der Waals surface area contributed by atoms with Crippen LogP contribution in [0.2, 0.25) is 0 Å². The smallest absolute Gasteiger partial charge is 0.241 e. The fraction of sp³-hybridized carbons (Fsp3) is 0.467. The van der Waals surface area contributed by atoms with Gasteiger partial charge in [0.15, 0.2) is 0 Å². The van der Waals surface area contributed by atoms with E-state index in [1.165, 1.54) is 6.07 Å². The Kier molecular flexibility index (Phi) is 4.38. The summed E-state index contributed by atoms with van der Waals surface area (Å²) in [6.07, 6.45) is 0.982. The highest BCUT2D eigenvalue weighted by atomic mass is 32.2. The Morgan fingerprint density at radius 2 is 2.14 bits per heavy atom. The summed E-state index contributed by atoms with van der Waals surface area (Å²) in [6, 6.07) is 3.33. The van der Waals surface area contributed by atoms with Crippen molar-refractivity contribution in [3.05, 3.63) is 29.6 Å². The average molecular weight is 311 g/mol. The molecule has 1 aromatic rings. The second-order valence-corrected chi connectivity index (χ2v) is 7.58. The number of rotatable bonds is 4. The topological polar surface area (TPSA) is 66.4 Å². The summed E-state index contributed by atoms with van der Waals surface area (Å²) in [5.41, 5.74) is 0.219. The van der Waals surface area contributed by atoms with E-state index < -0.39 is 22.4 Å². The third-order valence-electron chi connectivity index (χ3n) is 3.77. The Morgan fingerprint density at radius 1 is 1.48 bits per heavy atom. The molecule has 1 unspecified atom stereocenters. The first-order valence-corrected chi connectivity index (χ1v) is 8.13. The maximum atomic E-state index is 13.2. The second-order valence-electron chi connectivity index (χ2n) is 5.84. The molecule has 0 bridgehead atoms. The molecule has 1 aliphatic carbocycles. The van der Waals surface area contributed by atoms with Crippen molar-refractivity contribution in [3.8, 4) is 11.8 Å². The molecule has 0 heterocycles. The minimum Gasteiger partial charge on any atom is -0.384 e. The van der Waals surface area contributed by atoms with Crippen molar-refractivity contribution in [2.45, 2.75) is 25.2 Å². The van der Waals surface area contributed by atoms with E-state index >= 15 is 0 Å². The first kappa shape index (κ1) is 16.0. The lowest BCUT2D eigenvalue weighted by molar-refractivity contribution is 0.350. The summed E-state index contributed by atoms with van der Waals surface area (Å²) in [4.78, 5) is -0.0664. The molecule has 1 fully saturated rings. The zero-order chi connectivity index (χ0) is 15.7. The summed E-state index contributed by atoms with van der Waals surface area (Å²) >= 11 is 0. The van der Waals surface area contributed by atoms with Gasteiger partial charge in [0.2, 0.25) is 10.0 Å². The van der Waals surface area contributed by atoms with E-state index in [9.17, 15) is 12.8 Å². The molecule has 21 heavy (non-hydrogen) atoms. The van der Waals surface area contributed by atoms with Crippen molar-refractivity contribution >= 4 is 10.0 Å². The van der Waals surface area contributed by atoms with Crippen LogP contribution in [0, 0.1) is 29.0 Å². The Labute approximate surface area is 124 Å². The average Bonchev–Trinajstić information content (AvgIpc) is 3.01. The van der Waals surface area contributed by atoms with Crippen LogP contribution >= 0.6 is 0 Å². The van der Waals surface area contributed by atoms with E-state index in [4.69, 9.17) is 5.11 Å². The van der Waals surface area contributed by atoms with Crippen molar-refractivity contribution in [1.82, 2.24) is 4.72 Å². The van der Waals surface area contributed by atoms with E-state index in [0.29, 0.717) is 12.5 Å². The van der Waals surface area contributed by atoms with Gasteiger partial charge in [0, 0.05) is 12.1 Å². The molecule has 0 spiro atoms. The van der Waals surface area contributed by atoms with Gasteiger partial charge in [0.1, 0.15) is 12.4 Å². The summed E-state index contributed by atoms with van der Waals surface area (Å²) in [6.45, 7) is 4.11. The SMILES string of the molecule is CC1(C)CC1CNS(=O)(=O)c1ccc(F)cc1C#CCO. The lowest BCUT2D eigenvalue weighted by Gasteiger charge is -2.09. The first-order valence-electron chi connectivity index (χ1n) is 6.65. The summed E-state index contributed by atoms with van der Waals surface area (Å²) in [5.74, 6) is 4.56. The van der Waals surface area contributed by atoms with Gasteiger partial charge in [-0.15, -0.1) is 0 Å². The van der Waals surface area contributed by atoms with Crippen LogP contribution in [0.3, 0.4) is 0 Å². The van der Waals surface area contributed by atoms with Crippen LogP contribution < -0.4 is 4.72 Å². The molecule has 0 amide bonds. The number of halogens is 1. The van der Waals surface area contributed by atoms with Crippen LogP contribution in [0.4, 0.5) is 4.39 Å². The predicted molar refractivity (Wildman–Crippen MR) is 77.4 cm³/mol. The highest BCUT2D eigenvalue weighted by molar-refractivity contribution is 7.89. The molecular formula is C15H18FNO3S. The highest BCUT2D eigenvalue weighted by Crippen LogP contribution is 2.51. The molecule has 1 aromatic carbocycles. The van der Waals surface area contributed by atoms with Crippen molar-refractivity contribution in [3.63, 3.8) is 0 Å². The normalized spacial score (nSPS) is 19.7. The molecule has 6 heteroatoms. The number of benzene rings is 1. The van der Waals surface area contributed by atoms with Gasteiger partial charge in [-0.05, 0) is 36.0 Å². The van der Waals surface area contributed by atoms with Gasteiger partial charge in [-0.25, -0.2) is 17.5 Å². The summed E-state index contributed by atoms with van der Waals surface area (Å²) < 4.78 is 40.4. The highest BCUT2D eigenvalue weighted by Gasteiger charge is 2.45. The number of aliphatic hydroxyl groups is 1. The Hall–Kier alpha value is -1.42. The fourth-order valence-corrected chi connectivity index (χ4v) is 3.40. The predicted octanol–water partition coefficient (Wildman–Crippen LogP) is 1.49. The minimum absolute atomic E-state index is 0.0478. The molecule has 0 aliphatic heterocycles. The summed E-state index contributed by atoms with van der Waals surface area (Å²) in [7, 11) is -3.74. The van der Waals surface area contributed by atoms with Crippen LogP contribution in [0.1, 0.15) is 25.8 Å². The van der Waals surface area contributed by atoms with Gasteiger partial charge < -0.3 is 5.11 Å². The van der Waals surface area contributed by atoms with Gasteiger partial charge in [-0.1, -0.05) is 25.7 Å². The number of hydrogen-bond acceptors (Lipinski definition) is 3. The van der Waals surface area contributed by atoms with Gasteiger partial charge in [-0.2, -0.15) is 0 Å². The van der Waals surface area contributed by atoms with Crippen LogP contribution in [0.15, 0.2) is 23.1 Å². The fourth-order valence-electron chi connectivity index (χ4n) is 2.18. The number of aliphatic hydroxyl groups excluding tert-OH is 1. The van der Waals surface area contributed by atoms with E-state index in [0.717, 1.165) is 18.6 Å². The molecule has 0 aromatic heterocycles. The van der Waals surface area contributed by atoms with Crippen LogP contribution in [0.25, 0.3) is 0 Å². The minimum atomic E-state index is -3.74. The maximum absolute atomic E-state index is 13.2. The third kappa shape index (κ3) is 3.82. The number of sulfonamides is 1. The van der Waals surface area contributed by atoms with Crippen LogP contribution in [0.5, 0.6) is 0 Å². The van der Waals surface area contributed by atoms with E-state index in [2.05, 4.69) is 30.4 Å². The van der Waals surface area contributed by atoms with Crippen molar-refractivity contribution in [2.75, 3.05) is 13.2 Å².